The van der Waals surface area contributed by atoms with Crippen LogP contribution in [-0.4, -0.2) is 45.6 Å². The number of benzene rings is 1. The van der Waals surface area contributed by atoms with Gasteiger partial charge in [-0.25, -0.2) is 18.2 Å². The molecule has 1 aromatic carbocycles. The summed E-state index contributed by atoms with van der Waals surface area (Å²) in [4.78, 5) is 40.7. The summed E-state index contributed by atoms with van der Waals surface area (Å²) in [5, 5.41) is 2.28. The molecule has 0 saturated carbocycles. The molecule has 13 heteroatoms. The molecular weight excluding hydrogens is 442 g/mol. The number of sulfone groups is 1. The number of hydrogen-bond donors (Lipinski definition) is 1. The molecule has 0 saturated heterocycles. The van der Waals surface area contributed by atoms with Gasteiger partial charge < -0.3 is 19.4 Å². The van der Waals surface area contributed by atoms with Gasteiger partial charge in [0.15, 0.2) is 22.7 Å². The minimum absolute atomic E-state index is 0.0870. The fourth-order valence-corrected chi connectivity index (χ4v) is 4.87. The van der Waals surface area contributed by atoms with Crippen LogP contribution in [0.25, 0.3) is 11.2 Å². The third-order valence-corrected chi connectivity index (χ3v) is 6.89. The Hall–Kier alpha value is -3.61. The van der Waals surface area contributed by atoms with E-state index in [0.29, 0.717) is 11.5 Å². The van der Waals surface area contributed by atoms with Crippen molar-refractivity contribution in [3.63, 3.8) is 0 Å². The predicted molar refractivity (Wildman–Crippen MR) is 112 cm³/mol. The van der Waals surface area contributed by atoms with Crippen LogP contribution < -0.4 is 26.0 Å². The van der Waals surface area contributed by atoms with E-state index in [0.717, 1.165) is 14.7 Å². The monoisotopic (exact) mass is 463 g/mol. The summed E-state index contributed by atoms with van der Waals surface area (Å²) in [6.45, 7) is 0.339. The molecule has 170 valence electrons. The van der Waals surface area contributed by atoms with E-state index >= 15 is 0 Å². The van der Waals surface area contributed by atoms with Crippen molar-refractivity contribution in [2.24, 2.45) is 21.1 Å². The lowest BCUT2D eigenvalue weighted by molar-refractivity contribution is -0.120. The Bertz CT molecular complexity index is 1470. The maximum Gasteiger partial charge on any atom is 0.332 e. The van der Waals surface area contributed by atoms with Crippen molar-refractivity contribution in [2.45, 2.75) is 18.1 Å². The molecule has 1 amide bonds. The highest BCUT2D eigenvalue weighted by atomic mass is 32.2. The molecule has 4 rings (SSSR count). The predicted octanol–water partition coefficient (Wildman–Crippen LogP) is -0.820. The van der Waals surface area contributed by atoms with Gasteiger partial charge in [0.05, 0.1) is 5.75 Å². The molecule has 12 nitrogen and oxygen atoms in total. The molecule has 3 heterocycles. The summed E-state index contributed by atoms with van der Waals surface area (Å²) in [6, 6.07) is 5.25. The van der Waals surface area contributed by atoms with Gasteiger partial charge in [-0.3, -0.25) is 18.7 Å². The van der Waals surface area contributed by atoms with Crippen LogP contribution in [0.15, 0.2) is 32.9 Å². The fourth-order valence-electron chi connectivity index (χ4n) is 3.50. The number of nitrogens with one attached hydrogen (secondary N) is 1. The van der Waals surface area contributed by atoms with Crippen LogP contribution in [0.3, 0.4) is 0 Å². The fraction of sp³-hybridized carbons (Fsp3) is 0.368. The second-order valence-corrected chi connectivity index (χ2v) is 9.37. The SMILES string of the molecule is Cn1c(=O)c2nc(S(=O)(=O)CCC(=O)NCc3ccc4c(c3)OCO4)n(C)c2n(C)c1=O. The lowest BCUT2D eigenvalue weighted by atomic mass is 10.2. The molecule has 0 unspecified atom stereocenters. The second kappa shape index (κ2) is 7.82. The Balaban J connectivity index is 1.48. The molecule has 0 fully saturated rings. The van der Waals surface area contributed by atoms with E-state index in [4.69, 9.17) is 9.47 Å². The van der Waals surface area contributed by atoms with E-state index in [2.05, 4.69) is 10.3 Å². The molecule has 1 N–H and O–H groups in total. The summed E-state index contributed by atoms with van der Waals surface area (Å²) < 4.78 is 39.4. The summed E-state index contributed by atoms with van der Waals surface area (Å²) in [7, 11) is 0.108. The number of fused-ring (bicyclic) bond motifs is 2. The molecule has 0 aliphatic carbocycles. The average molecular weight is 463 g/mol. The van der Waals surface area contributed by atoms with Crippen molar-refractivity contribution in [3.8, 4) is 11.5 Å². The number of carbonyl (C=O) groups excluding carboxylic acids is 1. The normalized spacial score (nSPS) is 13.0. The van der Waals surface area contributed by atoms with Gasteiger partial charge in [0.2, 0.25) is 27.7 Å². The van der Waals surface area contributed by atoms with Gasteiger partial charge in [-0.2, -0.15) is 0 Å². The van der Waals surface area contributed by atoms with Gasteiger partial charge >= 0.3 is 5.69 Å². The Kier molecular flexibility index (Phi) is 5.28. The number of amides is 1. The molecule has 2 aromatic heterocycles. The number of aryl methyl sites for hydroxylation is 2. The van der Waals surface area contributed by atoms with Gasteiger partial charge in [-0.15, -0.1) is 0 Å². The van der Waals surface area contributed by atoms with Crippen molar-refractivity contribution in [1.82, 2.24) is 24.0 Å². The van der Waals surface area contributed by atoms with Gasteiger partial charge in [-0.1, -0.05) is 6.07 Å². The van der Waals surface area contributed by atoms with E-state index in [1.54, 1.807) is 18.2 Å². The van der Waals surface area contributed by atoms with Crippen LogP contribution >= 0.6 is 0 Å². The lowest BCUT2D eigenvalue weighted by Crippen LogP contribution is -2.37. The number of imidazole rings is 1. The Morgan fingerprint density at radius 1 is 1.09 bits per heavy atom. The molecule has 0 spiro atoms. The number of carbonyl (C=O) groups is 1. The third kappa shape index (κ3) is 3.64. The highest BCUT2D eigenvalue weighted by Crippen LogP contribution is 2.32. The Morgan fingerprint density at radius 2 is 1.81 bits per heavy atom. The summed E-state index contributed by atoms with van der Waals surface area (Å²) in [6.07, 6.45) is -0.299. The van der Waals surface area contributed by atoms with E-state index in [1.165, 1.54) is 25.7 Å². The molecule has 32 heavy (non-hydrogen) atoms. The summed E-state index contributed by atoms with van der Waals surface area (Å²) in [5.41, 5.74) is -0.566. The minimum atomic E-state index is -4.01. The zero-order chi connectivity index (χ0) is 23.2. The first-order valence-corrected chi connectivity index (χ1v) is 11.3. The average Bonchev–Trinajstić information content (AvgIpc) is 3.37. The van der Waals surface area contributed by atoms with Gasteiger partial charge in [0.25, 0.3) is 5.56 Å². The standard InChI is InChI=1S/C19H21N5O7S/c1-22-16-15(17(26)24(3)19(27)23(16)2)21-18(22)32(28,29)7-6-14(25)20-9-11-4-5-12-13(8-11)31-10-30-12/h4-5,8H,6-7,9-10H2,1-3H3,(H,20,25). The van der Waals surface area contributed by atoms with Crippen LogP contribution in [0.4, 0.5) is 0 Å². The highest BCUT2D eigenvalue weighted by Gasteiger charge is 2.26. The molecule has 0 atom stereocenters. The van der Waals surface area contributed by atoms with E-state index < -0.39 is 32.7 Å². The molecule has 0 radical (unpaired) electrons. The largest absolute Gasteiger partial charge is 0.454 e. The van der Waals surface area contributed by atoms with E-state index in [1.807, 2.05) is 0 Å². The quantitative estimate of drug-likeness (QED) is 0.499. The molecule has 1 aliphatic heterocycles. The van der Waals surface area contributed by atoms with Crippen molar-refractivity contribution in [2.75, 3.05) is 12.5 Å². The number of rotatable bonds is 6. The molecule has 1 aliphatic rings. The second-order valence-electron chi connectivity index (χ2n) is 7.36. The van der Waals surface area contributed by atoms with Gasteiger partial charge in [0.1, 0.15) is 0 Å². The molecule has 0 bridgehead atoms. The Labute approximate surface area is 181 Å². The Morgan fingerprint density at radius 3 is 2.56 bits per heavy atom. The molecular formula is C19H21N5O7S. The first-order valence-electron chi connectivity index (χ1n) is 9.60. The molecule has 3 aromatic rings. The first-order chi connectivity index (χ1) is 15.1. The lowest BCUT2D eigenvalue weighted by Gasteiger charge is -2.08. The van der Waals surface area contributed by atoms with Crippen LogP contribution in [-0.2, 0) is 42.3 Å². The van der Waals surface area contributed by atoms with Crippen molar-refractivity contribution in [1.29, 1.82) is 0 Å². The van der Waals surface area contributed by atoms with Crippen LogP contribution in [0.1, 0.15) is 12.0 Å². The van der Waals surface area contributed by atoms with Crippen LogP contribution in [0.2, 0.25) is 0 Å². The smallest absolute Gasteiger partial charge is 0.332 e. The maximum atomic E-state index is 12.8. The minimum Gasteiger partial charge on any atom is -0.454 e. The highest BCUT2D eigenvalue weighted by molar-refractivity contribution is 7.91. The third-order valence-electron chi connectivity index (χ3n) is 5.23. The number of hydrogen-bond acceptors (Lipinski definition) is 8. The van der Waals surface area contributed by atoms with Crippen molar-refractivity contribution in [3.05, 3.63) is 44.6 Å². The van der Waals surface area contributed by atoms with Gasteiger partial charge in [-0.05, 0) is 17.7 Å². The summed E-state index contributed by atoms with van der Waals surface area (Å²) >= 11 is 0. The van der Waals surface area contributed by atoms with Crippen LogP contribution in [0, 0.1) is 0 Å². The first kappa shape index (κ1) is 21.6. The van der Waals surface area contributed by atoms with Crippen LogP contribution in [0.5, 0.6) is 11.5 Å². The topological polar surface area (TPSA) is 144 Å². The van der Waals surface area contributed by atoms with E-state index in [-0.39, 0.29) is 36.1 Å². The zero-order valence-electron chi connectivity index (χ0n) is 17.6. The van der Waals surface area contributed by atoms with Gasteiger partial charge in [0, 0.05) is 34.1 Å². The number of aromatic nitrogens is 4. The van der Waals surface area contributed by atoms with Crippen molar-refractivity contribution < 1.29 is 22.7 Å². The zero-order valence-corrected chi connectivity index (χ0v) is 18.4. The summed E-state index contributed by atoms with van der Waals surface area (Å²) in [5.74, 6) is 0.238. The maximum absolute atomic E-state index is 12.8. The number of nitrogens with zero attached hydrogens (tertiary/aromatic N) is 4. The van der Waals surface area contributed by atoms with Crippen molar-refractivity contribution >= 4 is 26.9 Å². The number of ether oxygens (including phenoxy) is 2. The van der Waals surface area contributed by atoms with E-state index in [9.17, 15) is 22.8 Å².